The zero-order valence-corrected chi connectivity index (χ0v) is 17.5. The van der Waals surface area contributed by atoms with Crippen LogP contribution in [0.4, 0.5) is 0 Å². The van der Waals surface area contributed by atoms with Crippen LogP contribution in [0.3, 0.4) is 0 Å². The van der Waals surface area contributed by atoms with Gasteiger partial charge in [-0.3, -0.25) is 9.59 Å². The second-order valence-corrected chi connectivity index (χ2v) is 7.67. The third-order valence-corrected chi connectivity index (χ3v) is 5.62. The van der Waals surface area contributed by atoms with Crippen LogP contribution in [-0.4, -0.2) is 36.9 Å². The fourth-order valence-corrected chi connectivity index (χ4v) is 3.90. The third-order valence-electron chi connectivity index (χ3n) is 5.62. The van der Waals surface area contributed by atoms with Crippen molar-refractivity contribution in [1.29, 1.82) is 0 Å². The van der Waals surface area contributed by atoms with Gasteiger partial charge in [-0.25, -0.2) is 0 Å². The van der Waals surface area contributed by atoms with Crippen LogP contribution >= 0.6 is 0 Å². The quantitative estimate of drug-likeness (QED) is 0.802. The molecule has 0 saturated carbocycles. The topological polar surface area (TPSA) is 58.6 Å². The molecule has 1 aliphatic heterocycles. The number of hydrogen-bond acceptors (Lipinski definition) is 3. The van der Waals surface area contributed by atoms with Crippen molar-refractivity contribution in [1.82, 2.24) is 10.2 Å². The summed E-state index contributed by atoms with van der Waals surface area (Å²) in [6.07, 6.45) is 2.40. The van der Waals surface area contributed by atoms with Gasteiger partial charge >= 0.3 is 0 Å². The molecule has 0 spiro atoms. The van der Waals surface area contributed by atoms with Crippen LogP contribution in [0.5, 0.6) is 5.75 Å². The van der Waals surface area contributed by atoms with Gasteiger partial charge in [-0.1, -0.05) is 42.8 Å². The summed E-state index contributed by atoms with van der Waals surface area (Å²) < 4.78 is 5.46. The summed E-state index contributed by atoms with van der Waals surface area (Å²) in [4.78, 5) is 27.6. The van der Waals surface area contributed by atoms with Crippen molar-refractivity contribution in [3.63, 3.8) is 0 Å². The molecule has 0 radical (unpaired) electrons. The van der Waals surface area contributed by atoms with Crippen LogP contribution < -0.4 is 10.1 Å². The van der Waals surface area contributed by atoms with Crippen molar-refractivity contribution in [3.8, 4) is 5.75 Å². The Morgan fingerprint density at radius 1 is 1.17 bits per heavy atom. The highest BCUT2D eigenvalue weighted by atomic mass is 16.5. The van der Waals surface area contributed by atoms with Gasteiger partial charge in [0.05, 0.1) is 19.1 Å². The van der Waals surface area contributed by atoms with Crippen molar-refractivity contribution >= 4 is 11.8 Å². The summed E-state index contributed by atoms with van der Waals surface area (Å²) in [5, 5.41) is 3.18. The number of ether oxygens (including phenoxy) is 1. The molecule has 5 nitrogen and oxygen atoms in total. The Labute approximate surface area is 173 Å². The Bertz CT molecular complexity index is 847. The van der Waals surface area contributed by atoms with E-state index in [0.29, 0.717) is 18.7 Å². The number of para-hydroxylation sites is 1. The Morgan fingerprint density at radius 3 is 2.59 bits per heavy atom. The van der Waals surface area contributed by atoms with Gasteiger partial charge in [-0.15, -0.1) is 0 Å². The molecule has 29 heavy (non-hydrogen) atoms. The van der Waals surface area contributed by atoms with Crippen molar-refractivity contribution < 1.29 is 14.3 Å². The average Bonchev–Trinajstić information content (AvgIpc) is 2.77. The van der Waals surface area contributed by atoms with Crippen LogP contribution in [-0.2, 0) is 4.79 Å². The zero-order valence-electron chi connectivity index (χ0n) is 17.5. The predicted octanol–water partition coefficient (Wildman–Crippen LogP) is 4.12. The molecule has 5 heteroatoms. The van der Waals surface area contributed by atoms with E-state index < -0.39 is 0 Å². The minimum atomic E-state index is -0.193. The summed E-state index contributed by atoms with van der Waals surface area (Å²) in [5.41, 5.74) is 2.78. The van der Waals surface area contributed by atoms with E-state index in [1.54, 1.807) is 7.11 Å². The molecule has 2 unspecified atom stereocenters. The van der Waals surface area contributed by atoms with E-state index in [2.05, 4.69) is 5.32 Å². The first-order chi connectivity index (χ1) is 14.0. The number of benzene rings is 2. The van der Waals surface area contributed by atoms with E-state index in [0.717, 1.165) is 36.1 Å². The number of nitrogens with one attached hydrogen (secondary N) is 1. The Kier molecular flexibility index (Phi) is 6.91. The number of rotatable bonds is 6. The number of likely N-dealkylation sites (tertiary alicyclic amines) is 1. The van der Waals surface area contributed by atoms with Crippen LogP contribution in [0.2, 0.25) is 0 Å². The standard InChI is InChI=1S/C24H30N2O3/c1-4-21(20-9-5-6-10-22(20)29-3)25-23(27)19-8-7-15-26(16-19)24(28)18-13-11-17(2)12-14-18/h5-6,9-14,19,21H,4,7-8,15-16H2,1-3H3,(H,25,27). The van der Waals surface area contributed by atoms with Crippen molar-refractivity contribution in [2.75, 3.05) is 20.2 Å². The normalized spacial score (nSPS) is 17.5. The first kappa shape index (κ1) is 20.9. The molecule has 0 aromatic heterocycles. The number of hydrogen-bond donors (Lipinski definition) is 1. The summed E-state index contributed by atoms with van der Waals surface area (Å²) in [5.74, 6) is 0.588. The molecule has 1 fully saturated rings. The maximum atomic E-state index is 13.0. The van der Waals surface area contributed by atoms with E-state index in [4.69, 9.17) is 4.74 Å². The number of carbonyl (C=O) groups is 2. The lowest BCUT2D eigenvalue weighted by Gasteiger charge is -2.33. The lowest BCUT2D eigenvalue weighted by atomic mass is 9.95. The summed E-state index contributed by atoms with van der Waals surface area (Å²) in [6, 6.07) is 15.3. The number of amides is 2. The Morgan fingerprint density at radius 2 is 1.90 bits per heavy atom. The minimum Gasteiger partial charge on any atom is -0.496 e. The second-order valence-electron chi connectivity index (χ2n) is 7.67. The predicted molar refractivity (Wildman–Crippen MR) is 114 cm³/mol. The minimum absolute atomic E-state index is 0.000676. The highest BCUT2D eigenvalue weighted by Crippen LogP contribution is 2.28. The first-order valence-electron chi connectivity index (χ1n) is 10.3. The maximum Gasteiger partial charge on any atom is 0.253 e. The van der Waals surface area contributed by atoms with Gasteiger partial charge in [0.25, 0.3) is 5.91 Å². The Balaban J connectivity index is 1.67. The molecule has 3 rings (SSSR count). The van der Waals surface area contributed by atoms with Gasteiger partial charge < -0.3 is 15.0 Å². The molecular formula is C24H30N2O3. The lowest BCUT2D eigenvalue weighted by Crippen LogP contribution is -2.46. The number of aryl methyl sites for hydroxylation is 1. The van der Waals surface area contributed by atoms with Gasteiger partial charge in [-0.05, 0) is 44.4 Å². The fraction of sp³-hybridized carbons (Fsp3) is 0.417. The van der Waals surface area contributed by atoms with Gasteiger partial charge in [0.2, 0.25) is 5.91 Å². The first-order valence-corrected chi connectivity index (χ1v) is 10.3. The molecule has 2 aromatic carbocycles. The van der Waals surface area contributed by atoms with Gasteiger partial charge in [0.15, 0.2) is 0 Å². The van der Waals surface area contributed by atoms with Crippen LogP contribution in [0.15, 0.2) is 48.5 Å². The molecule has 154 valence electrons. The summed E-state index contributed by atoms with van der Waals surface area (Å²) in [6.45, 7) is 5.20. The SMILES string of the molecule is CCC(NC(=O)C1CCCN(C(=O)c2ccc(C)cc2)C1)c1ccccc1OC. The van der Waals surface area contributed by atoms with E-state index in [1.807, 2.05) is 67.3 Å². The highest BCUT2D eigenvalue weighted by molar-refractivity contribution is 5.94. The number of piperidine rings is 1. The van der Waals surface area contributed by atoms with E-state index in [-0.39, 0.29) is 23.8 Å². The molecule has 0 bridgehead atoms. The van der Waals surface area contributed by atoms with E-state index in [9.17, 15) is 9.59 Å². The highest BCUT2D eigenvalue weighted by Gasteiger charge is 2.30. The number of carbonyl (C=O) groups excluding carboxylic acids is 2. The number of methoxy groups -OCH3 is 1. The molecule has 0 aliphatic carbocycles. The molecule has 1 heterocycles. The van der Waals surface area contributed by atoms with Crippen LogP contribution in [0.1, 0.15) is 53.7 Å². The van der Waals surface area contributed by atoms with Crippen LogP contribution in [0, 0.1) is 12.8 Å². The monoisotopic (exact) mass is 394 g/mol. The molecule has 2 atom stereocenters. The van der Waals surface area contributed by atoms with Crippen molar-refractivity contribution in [2.45, 2.75) is 39.2 Å². The van der Waals surface area contributed by atoms with Gasteiger partial charge in [0, 0.05) is 24.2 Å². The summed E-state index contributed by atoms with van der Waals surface area (Å²) >= 11 is 0. The molecule has 2 aromatic rings. The average molecular weight is 395 g/mol. The largest absolute Gasteiger partial charge is 0.496 e. The molecule has 1 N–H and O–H groups in total. The molecular weight excluding hydrogens is 364 g/mol. The molecule has 1 saturated heterocycles. The second kappa shape index (κ2) is 9.59. The fourth-order valence-electron chi connectivity index (χ4n) is 3.90. The molecule has 1 aliphatic rings. The number of nitrogens with zero attached hydrogens (tertiary/aromatic N) is 1. The third kappa shape index (κ3) is 4.97. The lowest BCUT2D eigenvalue weighted by molar-refractivity contribution is -0.127. The van der Waals surface area contributed by atoms with Crippen LogP contribution in [0.25, 0.3) is 0 Å². The van der Waals surface area contributed by atoms with Gasteiger partial charge in [-0.2, -0.15) is 0 Å². The van der Waals surface area contributed by atoms with E-state index in [1.165, 1.54) is 0 Å². The smallest absolute Gasteiger partial charge is 0.253 e. The van der Waals surface area contributed by atoms with Gasteiger partial charge in [0.1, 0.15) is 5.75 Å². The summed E-state index contributed by atoms with van der Waals surface area (Å²) in [7, 11) is 1.64. The molecule has 2 amide bonds. The van der Waals surface area contributed by atoms with E-state index >= 15 is 0 Å². The van der Waals surface area contributed by atoms with Crippen molar-refractivity contribution in [3.05, 3.63) is 65.2 Å². The Hall–Kier alpha value is -2.82. The zero-order chi connectivity index (χ0) is 20.8. The maximum absolute atomic E-state index is 13.0. The van der Waals surface area contributed by atoms with Crippen molar-refractivity contribution in [2.24, 2.45) is 5.92 Å².